The molecule has 112 valence electrons. The molecule has 1 heterocycles. The average molecular weight is 313 g/mol. The summed E-state index contributed by atoms with van der Waals surface area (Å²) >= 11 is 0. The van der Waals surface area contributed by atoms with Crippen LogP contribution in [0.5, 0.6) is 0 Å². The first-order valence-electron chi connectivity index (χ1n) is 6.75. The van der Waals surface area contributed by atoms with Crippen molar-refractivity contribution in [2.75, 3.05) is 11.6 Å². The van der Waals surface area contributed by atoms with Gasteiger partial charge < -0.3 is 5.32 Å². The zero-order valence-corrected chi connectivity index (χ0v) is 12.8. The minimum Gasteiger partial charge on any atom is -0.339 e. The van der Waals surface area contributed by atoms with E-state index in [2.05, 4.69) is 15.3 Å². The van der Waals surface area contributed by atoms with Crippen LogP contribution >= 0.6 is 0 Å². The highest BCUT2D eigenvalue weighted by Gasteiger charge is 2.06. The molecule has 0 bridgehead atoms. The fourth-order valence-corrected chi connectivity index (χ4v) is 2.99. The molecular formula is C16H15N3O2S. The van der Waals surface area contributed by atoms with E-state index >= 15 is 0 Å². The number of rotatable bonds is 4. The Morgan fingerprint density at radius 3 is 2.59 bits per heavy atom. The lowest BCUT2D eigenvalue weighted by molar-refractivity contribution is 0.601. The smallest absolute Gasteiger partial charge is 0.151 e. The van der Waals surface area contributed by atoms with Crippen LogP contribution in [0.2, 0.25) is 0 Å². The predicted molar refractivity (Wildman–Crippen MR) is 87.8 cm³/mol. The van der Waals surface area contributed by atoms with Crippen LogP contribution in [0.4, 0.5) is 11.5 Å². The van der Waals surface area contributed by atoms with Gasteiger partial charge in [0.2, 0.25) is 0 Å². The SMILES string of the molecule is CS(=O)(=O)Cc1cccc(Nc2cnc3ccccc3n2)c1. The minimum atomic E-state index is -3.05. The molecule has 0 aliphatic rings. The van der Waals surface area contributed by atoms with E-state index in [1.807, 2.05) is 36.4 Å². The van der Waals surface area contributed by atoms with E-state index in [-0.39, 0.29) is 5.75 Å². The number of aromatic nitrogens is 2. The summed E-state index contributed by atoms with van der Waals surface area (Å²) in [6.07, 6.45) is 2.88. The Hall–Kier alpha value is -2.47. The number of para-hydroxylation sites is 2. The van der Waals surface area contributed by atoms with Gasteiger partial charge >= 0.3 is 0 Å². The van der Waals surface area contributed by atoms with Gasteiger partial charge in [0, 0.05) is 11.9 Å². The molecule has 22 heavy (non-hydrogen) atoms. The number of nitrogens with zero attached hydrogens (tertiary/aromatic N) is 2. The maximum atomic E-state index is 11.4. The number of hydrogen-bond donors (Lipinski definition) is 1. The van der Waals surface area contributed by atoms with Gasteiger partial charge in [0.05, 0.1) is 23.0 Å². The number of sulfone groups is 1. The molecule has 5 nitrogen and oxygen atoms in total. The van der Waals surface area contributed by atoms with Crippen LogP contribution in [-0.4, -0.2) is 24.6 Å². The average Bonchev–Trinajstić information content (AvgIpc) is 2.46. The van der Waals surface area contributed by atoms with E-state index in [1.54, 1.807) is 18.3 Å². The number of nitrogens with one attached hydrogen (secondary N) is 1. The fraction of sp³-hybridized carbons (Fsp3) is 0.125. The summed E-state index contributed by atoms with van der Waals surface area (Å²) in [5, 5.41) is 3.15. The van der Waals surface area contributed by atoms with Gasteiger partial charge in [-0.1, -0.05) is 24.3 Å². The van der Waals surface area contributed by atoms with E-state index in [4.69, 9.17) is 0 Å². The van der Waals surface area contributed by atoms with Crippen molar-refractivity contribution in [2.24, 2.45) is 0 Å². The third-order valence-corrected chi connectivity index (χ3v) is 3.93. The molecule has 1 aromatic heterocycles. The largest absolute Gasteiger partial charge is 0.339 e. The highest BCUT2D eigenvalue weighted by molar-refractivity contribution is 7.89. The maximum absolute atomic E-state index is 11.4. The Balaban J connectivity index is 1.86. The molecule has 0 radical (unpaired) electrons. The topological polar surface area (TPSA) is 72.0 Å². The Bertz CT molecular complexity index is 923. The second kappa shape index (κ2) is 5.73. The quantitative estimate of drug-likeness (QED) is 0.802. The van der Waals surface area contributed by atoms with Crippen molar-refractivity contribution in [2.45, 2.75) is 5.75 Å². The van der Waals surface area contributed by atoms with Crippen molar-refractivity contribution >= 4 is 32.4 Å². The van der Waals surface area contributed by atoms with Gasteiger partial charge in [-0.3, -0.25) is 4.98 Å². The lowest BCUT2D eigenvalue weighted by atomic mass is 10.2. The van der Waals surface area contributed by atoms with Gasteiger partial charge in [-0.2, -0.15) is 0 Å². The fourth-order valence-electron chi connectivity index (χ4n) is 2.21. The van der Waals surface area contributed by atoms with Gasteiger partial charge in [-0.05, 0) is 29.8 Å². The molecule has 6 heteroatoms. The third kappa shape index (κ3) is 3.59. The zero-order valence-electron chi connectivity index (χ0n) is 12.0. The maximum Gasteiger partial charge on any atom is 0.151 e. The molecule has 0 saturated heterocycles. The lowest BCUT2D eigenvalue weighted by Gasteiger charge is -2.08. The molecule has 0 aliphatic heterocycles. The Morgan fingerprint density at radius 1 is 1.05 bits per heavy atom. The van der Waals surface area contributed by atoms with Gasteiger partial charge in [0.15, 0.2) is 9.84 Å². The standard InChI is InChI=1S/C16H15N3O2S/c1-22(20,21)11-12-5-4-6-13(9-12)18-16-10-17-14-7-2-3-8-15(14)19-16/h2-10H,11H2,1H3,(H,18,19). The van der Waals surface area contributed by atoms with E-state index in [0.717, 1.165) is 22.3 Å². The molecule has 0 fully saturated rings. The summed E-state index contributed by atoms with van der Waals surface area (Å²) in [4.78, 5) is 8.82. The highest BCUT2D eigenvalue weighted by Crippen LogP contribution is 2.18. The summed E-state index contributed by atoms with van der Waals surface area (Å²) in [6.45, 7) is 0. The first-order valence-corrected chi connectivity index (χ1v) is 8.81. The first kappa shape index (κ1) is 14.5. The van der Waals surface area contributed by atoms with Crippen molar-refractivity contribution in [3.8, 4) is 0 Å². The van der Waals surface area contributed by atoms with Crippen LogP contribution in [0.1, 0.15) is 5.56 Å². The normalized spacial score (nSPS) is 11.5. The molecule has 2 aromatic carbocycles. The summed E-state index contributed by atoms with van der Waals surface area (Å²) in [5.41, 5.74) is 3.16. The van der Waals surface area contributed by atoms with Crippen LogP contribution in [0, 0.1) is 0 Å². The van der Waals surface area contributed by atoms with Crippen molar-refractivity contribution in [3.05, 3.63) is 60.3 Å². The van der Waals surface area contributed by atoms with Gasteiger partial charge in [-0.25, -0.2) is 13.4 Å². The van der Waals surface area contributed by atoms with Gasteiger partial charge in [-0.15, -0.1) is 0 Å². The predicted octanol–water partition coefficient (Wildman–Crippen LogP) is 2.92. The molecule has 0 spiro atoms. The molecule has 0 saturated carbocycles. The van der Waals surface area contributed by atoms with Gasteiger partial charge in [0.1, 0.15) is 5.82 Å². The van der Waals surface area contributed by atoms with Crippen molar-refractivity contribution in [1.82, 2.24) is 9.97 Å². The summed E-state index contributed by atoms with van der Waals surface area (Å²) in [6, 6.07) is 14.9. The number of fused-ring (bicyclic) bond motifs is 1. The summed E-state index contributed by atoms with van der Waals surface area (Å²) in [5.74, 6) is 0.640. The highest BCUT2D eigenvalue weighted by atomic mass is 32.2. The minimum absolute atomic E-state index is 0.0198. The molecule has 1 N–H and O–H groups in total. The van der Waals surface area contributed by atoms with E-state index in [0.29, 0.717) is 5.82 Å². The zero-order chi connectivity index (χ0) is 15.6. The van der Waals surface area contributed by atoms with Gasteiger partial charge in [0.25, 0.3) is 0 Å². The Morgan fingerprint density at radius 2 is 1.82 bits per heavy atom. The molecule has 0 aliphatic carbocycles. The number of benzene rings is 2. The molecule has 0 atom stereocenters. The van der Waals surface area contributed by atoms with Crippen LogP contribution in [0.3, 0.4) is 0 Å². The van der Waals surface area contributed by atoms with Crippen molar-refractivity contribution < 1.29 is 8.42 Å². The second-order valence-electron chi connectivity index (χ2n) is 5.14. The molecule has 0 amide bonds. The molecule has 3 aromatic rings. The van der Waals surface area contributed by atoms with E-state index in [9.17, 15) is 8.42 Å². The Kier molecular flexibility index (Phi) is 3.77. The van der Waals surface area contributed by atoms with Crippen LogP contribution in [-0.2, 0) is 15.6 Å². The lowest BCUT2D eigenvalue weighted by Crippen LogP contribution is -2.01. The number of hydrogen-bond acceptors (Lipinski definition) is 5. The van der Waals surface area contributed by atoms with Crippen LogP contribution in [0.15, 0.2) is 54.7 Å². The summed E-state index contributed by atoms with van der Waals surface area (Å²) in [7, 11) is -3.05. The number of anilines is 2. The van der Waals surface area contributed by atoms with Crippen LogP contribution < -0.4 is 5.32 Å². The molecule has 0 unspecified atom stereocenters. The second-order valence-corrected chi connectivity index (χ2v) is 7.28. The monoisotopic (exact) mass is 313 g/mol. The Labute approximate surface area is 129 Å². The van der Waals surface area contributed by atoms with Crippen molar-refractivity contribution in [1.29, 1.82) is 0 Å². The first-order chi connectivity index (χ1) is 10.5. The van der Waals surface area contributed by atoms with Crippen LogP contribution in [0.25, 0.3) is 11.0 Å². The third-order valence-electron chi connectivity index (χ3n) is 3.08. The molecular weight excluding hydrogens is 298 g/mol. The summed E-state index contributed by atoms with van der Waals surface area (Å²) < 4.78 is 22.7. The van der Waals surface area contributed by atoms with Crippen molar-refractivity contribution in [3.63, 3.8) is 0 Å². The van der Waals surface area contributed by atoms with E-state index < -0.39 is 9.84 Å². The molecule has 3 rings (SSSR count). The van der Waals surface area contributed by atoms with E-state index in [1.165, 1.54) is 6.26 Å².